The minimum atomic E-state index is -1.12. The largest absolute Gasteiger partial charge is 0.386 e. The first-order valence-electron chi connectivity index (χ1n) is 10.1. The molecule has 0 aliphatic heterocycles. The number of nitrogens with zero attached hydrogens (tertiary/aromatic N) is 3. The van der Waals surface area contributed by atoms with Crippen LogP contribution < -0.4 is 5.32 Å². The average molecular weight is 411 g/mol. The van der Waals surface area contributed by atoms with Crippen molar-refractivity contribution in [2.45, 2.75) is 58.0 Å². The quantitative estimate of drug-likeness (QED) is 0.641. The minimum absolute atomic E-state index is 0.232. The lowest BCUT2D eigenvalue weighted by atomic mass is 9.83. The highest BCUT2D eigenvalue weighted by Gasteiger charge is 2.26. The molecule has 4 rings (SSSR count). The van der Waals surface area contributed by atoms with Gasteiger partial charge in [-0.15, -0.1) is 11.3 Å². The Morgan fingerprint density at radius 1 is 1.21 bits per heavy atom. The molecule has 0 saturated heterocycles. The zero-order chi connectivity index (χ0) is 20.6. The molecule has 0 unspecified atom stereocenters. The van der Waals surface area contributed by atoms with Gasteiger partial charge in [0.1, 0.15) is 5.69 Å². The normalized spacial score (nSPS) is 20.0. The van der Waals surface area contributed by atoms with Gasteiger partial charge in [-0.05, 0) is 44.7 Å². The molecule has 152 valence electrons. The van der Waals surface area contributed by atoms with Gasteiger partial charge in [-0.1, -0.05) is 19.8 Å². The minimum Gasteiger partial charge on any atom is -0.386 e. The summed E-state index contributed by atoms with van der Waals surface area (Å²) < 4.78 is 1.01. The molecule has 1 aliphatic rings. The number of benzene rings is 1. The molecule has 6 nitrogen and oxygen atoms in total. The zero-order valence-corrected chi connectivity index (χ0v) is 17.8. The Morgan fingerprint density at radius 3 is 2.62 bits per heavy atom. The van der Waals surface area contributed by atoms with E-state index in [0.29, 0.717) is 17.2 Å². The molecule has 2 N–H and O–H groups in total. The molecule has 3 aromatic rings. The van der Waals surface area contributed by atoms with Gasteiger partial charge in [0.15, 0.2) is 0 Å². The highest BCUT2D eigenvalue weighted by molar-refractivity contribution is 7.18. The van der Waals surface area contributed by atoms with Gasteiger partial charge in [-0.2, -0.15) is 0 Å². The molecule has 1 amide bonds. The number of hydrogen-bond donors (Lipinski definition) is 2. The molecule has 0 spiro atoms. The molecule has 2 aromatic heterocycles. The van der Waals surface area contributed by atoms with E-state index in [4.69, 9.17) is 4.98 Å². The summed E-state index contributed by atoms with van der Waals surface area (Å²) in [4.78, 5) is 25.5. The number of hydrogen-bond acceptors (Lipinski definition) is 6. The fraction of sp³-hybridized carbons (Fsp3) is 0.455. The van der Waals surface area contributed by atoms with Crippen molar-refractivity contribution in [3.63, 3.8) is 0 Å². The Bertz CT molecular complexity index is 1020. The maximum absolute atomic E-state index is 12.6. The third-order valence-corrected chi connectivity index (χ3v) is 6.79. The molecule has 1 aromatic carbocycles. The topological polar surface area (TPSA) is 88.0 Å². The van der Waals surface area contributed by atoms with Crippen LogP contribution in [-0.4, -0.2) is 26.0 Å². The first-order chi connectivity index (χ1) is 13.8. The molecule has 1 saturated carbocycles. The highest BCUT2D eigenvalue weighted by Crippen LogP contribution is 2.41. The van der Waals surface area contributed by atoms with E-state index in [9.17, 15) is 9.90 Å². The molecule has 29 heavy (non-hydrogen) atoms. The second kappa shape index (κ2) is 7.80. The van der Waals surface area contributed by atoms with Gasteiger partial charge in [0.05, 0.1) is 27.0 Å². The summed E-state index contributed by atoms with van der Waals surface area (Å²) in [5.74, 6) is 0.950. The predicted molar refractivity (Wildman–Crippen MR) is 115 cm³/mol. The molecular formula is C22H26N4O2S. The van der Waals surface area contributed by atoms with E-state index < -0.39 is 5.60 Å². The Labute approximate surface area is 174 Å². The number of aromatic nitrogens is 3. The molecular weight excluding hydrogens is 384 g/mol. The molecule has 0 bridgehead atoms. The van der Waals surface area contributed by atoms with E-state index in [1.54, 1.807) is 25.2 Å². The van der Waals surface area contributed by atoms with Crippen molar-refractivity contribution in [2.75, 3.05) is 5.32 Å². The van der Waals surface area contributed by atoms with Crippen molar-refractivity contribution in [3.05, 3.63) is 47.0 Å². The van der Waals surface area contributed by atoms with Crippen LogP contribution in [0.5, 0.6) is 0 Å². The lowest BCUT2D eigenvalue weighted by Gasteiger charge is -2.24. The first-order valence-corrected chi connectivity index (χ1v) is 10.9. The second-order valence-electron chi connectivity index (χ2n) is 8.48. The van der Waals surface area contributed by atoms with Crippen molar-refractivity contribution in [1.29, 1.82) is 0 Å². The fourth-order valence-electron chi connectivity index (χ4n) is 3.89. The van der Waals surface area contributed by atoms with Crippen molar-refractivity contribution in [2.24, 2.45) is 5.92 Å². The summed E-state index contributed by atoms with van der Waals surface area (Å²) in [5, 5.41) is 14.7. The maximum Gasteiger partial charge on any atom is 0.275 e. The Kier molecular flexibility index (Phi) is 5.36. The SMILES string of the molecule is CC1CCC(c2nc3cc(C(C)(C)O)c(NC(=O)c4cnccn4)cc3s2)CC1. The summed E-state index contributed by atoms with van der Waals surface area (Å²) in [6.07, 6.45) is 9.27. The Hall–Kier alpha value is -2.38. The first kappa shape index (κ1) is 19.9. The van der Waals surface area contributed by atoms with Crippen LogP contribution in [0.2, 0.25) is 0 Å². The van der Waals surface area contributed by atoms with Gasteiger partial charge < -0.3 is 10.4 Å². The number of carbonyl (C=O) groups is 1. The number of nitrogens with one attached hydrogen (secondary N) is 1. The lowest BCUT2D eigenvalue weighted by molar-refractivity contribution is 0.0794. The van der Waals surface area contributed by atoms with E-state index >= 15 is 0 Å². The number of fused-ring (bicyclic) bond motifs is 1. The lowest BCUT2D eigenvalue weighted by Crippen LogP contribution is -2.21. The number of rotatable bonds is 4. The van der Waals surface area contributed by atoms with Gasteiger partial charge in [-0.25, -0.2) is 9.97 Å². The van der Waals surface area contributed by atoms with Crippen molar-refractivity contribution in [3.8, 4) is 0 Å². The van der Waals surface area contributed by atoms with Crippen LogP contribution in [0.3, 0.4) is 0 Å². The summed E-state index contributed by atoms with van der Waals surface area (Å²) in [6.45, 7) is 5.74. The van der Waals surface area contributed by atoms with Gasteiger partial charge in [0, 0.05) is 29.6 Å². The summed E-state index contributed by atoms with van der Waals surface area (Å²) >= 11 is 1.69. The van der Waals surface area contributed by atoms with Gasteiger partial charge >= 0.3 is 0 Å². The summed E-state index contributed by atoms with van der Waals surface area (Å²) in [5.41, 5.74) is 1.20. The van der Waals surface area contributed by atoms with E-state index in [1.807, 2.05) is 12.1 Å². The van der Waals surface area contributed by atoms with Crippen molar-refractivity contribution in [1.82, 2.24) is 15.0 Å². The highest BCUT2D eigenvalue weighted by atomic mass is 32.1. The van der Waals surface area contributed by atoms with Crippen molar-refractivity contribution >= 4 is 33.1 Å². The van der Waals surface area contributed by atoms with Crippen LogP contribution in [0.15, 0.2) is 30.7 Å². The monoisotopic (exact) mass is 410 g/mol. The number of thiazole rings is 1. The van der Waals surface area contributed by atoms with E-state index in [2.05, 4.69) is 22.2 Å². The second-order valence-corrected chi connectivity index (χ2v) is 9.54. The Balaban J connectivity index is 1.69. The van der Waals surface area contributed by atoms with Crippen LogP contribution in [0, 0.1) is 5.92 Å². The third-order valence-electron chi connectivity index (χ3n) is 5.61. The molecule has 7 heteroatoms. The van der Waals surface area contributed by atoms with Crippen molar-refractivity contribution < 1.29 is 9.90 Å². The number of amides is 1. The standard InChI is InChI=1S/C22H26N4O2S/c1-13-4-6-14(7-5-13)21-26-17-10-15(22(2,3)28)16(11-19(17)29-21)25-20(27)18-12-23-8-9-24-18/h8-14,28H,4-7H2,1-3H3,(H,25,27). The van der Waals surface area contributed by atoms with E-state index in [1.165, 1.54) is 44.3 Å². The van der Waals surface area contributed by atoms with E-state index in [0.717, 1.165) is 21.1 Å². The smallest absolute Gasteiger partial charge is 0.275 e. The van der Waals surface area contributed by atoms with Crippen LogP contribution in [0.1, 0.15) is 73.4 Å². The van der Waals surface area contributed by atoms with E-state index in [-0.39, 0.29) is 11.6 Å². The summed E-state index contributed by atoms with van der Waals surface area (Å²) in [6, 6.07) is 3.82. The predicted octanol–water partition coefficient (Wildman–Crippen LogP) is 4.86. The number of anilines is 1. The Morgan fingerprint density at radius 2 is 1.97 bits per heavy atom. The molecule has 0 atom stereocenters. The average Bonchev–Trinajstić information content (AvgIpc) is 3.11. The van der Waals surface area contributed by atoms with Crippen LogP contribution in [0.4, 0.5) is 5.69 Å². The molecule has 1 aliphatic carbocycles. The van der Waals surface area contributed by atoms with Crippen LogP contribution in [0.25, 0.3) is 10.2 Å². The fourth-order valence-corrected chi connectivity index (χ4v) is 5.04. The maximum atomic E-state index is 12.6. The van der Waals surface area contributed by atoms with Crippen LogP contribution >= 0.6 is 11.3 Å². The summed E-state index contributed by atoms with van der Waals surface area (Å²) in [7, 11) is 0. The molecule has 0 radical (unpaired) electrons. The van der Waals surface area contributed by atoms with Crippen LogP contribution in [-0.2, 0) is 5.60 Å². The van der Waals surface area contributed by atoms with Gasteiger partial charge in [-0.3, -0.25) is 9.78 Å². The molecule has 1 fully saturated rings. The van der Waals surface area contributed by atoms with Gasteiger partial charge in [0.25, 0.3) is 5.91 Å². The molecule has 2 heterocycles. The van der Waals surface area contributed by atoms with Gasteiger partial charge in [0.2, 0.25) is 0 Å². The number of aliphatic hydroxyl groups is 1. The third kappa shape index (κ3) is 4.31. The number of carbonyl (C=O) groups excluding carboxylic acids is 1. The zero-order valence-electron chi connectivity index (χ0n) is 17.0.